The summed E-state index contributed by atoms with van der Waals surface area (Å²) in [4.78, 5) is 29.0. The molecule has 0 radical (unpaired) electrons. The van der Waals surface area contributed by atoms with Crippen LogP contribution in [0.2, 0.25) is 0 Å². The van der Waals surface area contributed by atoms with Crippen LogP contribution in [0.3, 0.4) is 0 Å². The van der Waals surface area contributed by atoms with Crippen LogP contribution < -0.4 is 5.32 Å². The average molecular weight is 349 g/mol. The van der Waals surface area contributed by atoms with Crippen LogP contribution in [0.25, 0.3) is 0 Å². The maximum absolute atomic E-state index is 12.8. The first kappa shape index (κ1) is 17.1. The van der Waals surface area contributed by atoms with Gasteiger partial charge in [0.05, 0.1) is 0 Å². The minimum absolute atomic E-state index is 0.0680. The van der Waals surface area contributed by atoms with Gasteiger partial charge in [0.1, 0.15) is 0 Å². The molecule has 6 heteroatoms. The van der Waals surface area contributed by atoms with E-state index in [2.05, 4.69) is 5.32 Å². The van der Waals surface area contributed by atoms with E-state index in [1.807, 2.05) is 9.80 Å². The summed E-state index contributed by atoms with van der Waals surface area (Å²) < 4.78 is 5.54. The van der Waals surface area contributed by atoms with E-state index in [0.29, 0.717) is 19.0 Å². The molecule has 3 amide bonds. The Labute approximate surface area is 150 Å². The van der Waals surface area contributed by atoms with Crippen molar-refractivity contribution in [2.75, 3.05) is 39.4 Å². The lowest BCUT2D eigenvalue weighted by Gasteiger charge is -2.39. The Morgan fingerprint density at radius 3 is 2.36 bits per heavy atom. The Kier molecular flexibility index (Phi) is 4.89. The van der Waals surface area contributed by atoms with E-state index >= 15 is 0 Å². The number of urea groups is 1. The van der Waals surface area contributed by atoms with Gasteiger partial charge in [-0.25, -0.2) is 4.79 Å². The highest BCUT2D eigenvalue weighted by atomic mass is 16.5. The minimum Gasteiger partial charge on any atom is -0.381 e. The molecule has 0 bridgehead atoms. The molecule has 0 aromatic rings. The Morgan fingerprint density at radius 1 is 0.880 bits per heavy atom. The number of carbonyl (C=O) groups excluding carboxylic acids is 2. The van der Waals surface area contributed by atoms with Crippen molar-refractivity contribution in [3.8, 4) is 0 Å². The quantitative estimate of drug-likeness (QED) is 0.829. The van der Waals surface area contributed by atoms with Crippen LogP contribution in [0.1, 0.15) is 51.4 Å². The molecular formula is C19H31N3O3. The van der Waals surface area contributed by atoms with E-state index < -0.39 is 0 Å². The fourth-order valence-electron chi connectivity index (χ4n) is 4.91. The van der Waals surface area contributed by atoms with Crippen molar-refractivity contribution in [2.45, 2.75) is 57.4 Å². The van der Waals surface area contributed by atoms with E-state index in [4.69, 9.17) is 4.74 Å². The predicted octanol–water partition coefficient (Wildman–Crippen LogP) is 1.99. The second kappa shape index (κ2) is 7.14. The number of hydrogen-bond acceptors (Lipinski definition) is 3. The fourth-order valence-corrected chi connectivity index (χ4v) is 4.91. The molecule has 4 aliphatic rings. The minimum atomic E-state index is 0.0680. The molecule has 4 fully saturated rings. The molecule has 2 saturated carbocycles. The monoisotopic (exact) mass is 349 g/mol. The zero-order valence-electron chi connectivity index (χ0n) is 15.2. The van der Waals surface area contributed by atoms with E-state index in [9.17, 15) is 9.59 Å². The third kappa shape index (κ3) is 3.64. The third-order valence-corrected chi connectivity index (χ3v) is 6.71. The van der Waals surface area contributed by atoms with Gasteiger partial charge in [-0.2, -0.15) is 0 Å². The molecular weight excluding hydrogens is 318 g/mol. The van der Waals surface area contributed by atoms with Crippen LogP contribution in [0, 0.1) is 11.3 Å². The van der Waals surface area contributed by atoms with Gasteiger partial charge in [-0.15, -0.1) is 0 Å². The average Bonchev–Trinajstić information content (AvgIpc) is 3.44. The van der Waals surface area contributed by atoms with Crippen LogP contribution in [0.5, 0.6) is 0 Å². The first-order chi connectivity index (χ1) is 12.2. The van der Waals surface area contributed by atoms with E-state index in [-0.39, 0.29) is 23.4 Å². The predicted molar refractivity (Wildman–Crippen MR) is 94.2 cm³/mol. The van der Waals surface area contributed by atoms with Crippen molar-refractivity contribution < 1.29 is 14.3 Å². The molecule has 4 rings (SSSR count). The highest BCUT2D eigenvalue weighted by Gasteiger charge is 2.45. The number of nitrogens with zero attached hydrogens (tertiary/aromatic N) is 2. The summed E-state index contributed by atoms with van der Waals surface area (Å²) in [5.74, 6) is 0.575. The molecule has 0 aromatic heterocycles. The van der Waals surface area contributed by atoms with Gasteiger partial charge >= 0.3 is 6.03 Å². The summed E-state index contributed by atoms with van der Waals surface area (Å²) >= 11 is 0. The molecule has 1 spiro atoms. The van der Waals surface area contributed by atoms with Gasteiger partial charge in [0.25, 0.3) is 0 Å². The maximum Gasteiger partial charge on any atom is 0.317 e. The SMILES string of the molecule is O=C(N[C@H]1CCCC12CCOCC2)N1CCCN(C(=O)C2CC2)CC1. The van der Waals surface area contributed by atoms with Gasteiger partial charge in [-0.1, -0.05) is 6.42 Å². The molecule has 140 valence electrons. The van der Waals surface area contributed by atoms with Gasteiger partial charge in [-0.3, -0.25) is 4.79 Å². The Hall–Kier alpha value is -1.30. The van der Waals surface area contributed by atoms with Crippen molar-refractivity contribution >= 4 is 11.9 Å². The number of carbonyl (C=O) groups is 2. The van der Waals surface area contributed by atoms with Gasteiger partial charge in [-0.05, 0) is 50.4 Å². The van der Waals surface area contributed by atoms with Crippen molar-refractivity contribution in [1.82, 2.24) is 15.1 Å². The third-order valence-electron chi connectivity index (χ3n) is 6.71. The van der Waals surface area contributed by atoms with Crippen molar-refractivity contribution in [2.24, 2.45) is 11.3 Å². The lowest BCUT2D eigenvalue weighted by molar-refractivity contribution is -0.132. The Morgan fingerprint density at radius 2 is 1.60 bits per heavy atom. The van der Waals surface area contributed by atoms with Crippen LogP contribution in [-0.2, 0) is 9.53 Å². The van der Waals surface area contributed by atoms with Crippen LogP contribution in [0.15, 0.2) is 0 Å². The van der Waals surface area contributed by atoms with Crippen LogP contribution >= 0.6 is 0 Å². The van der Waals surface area contributed by atoms with Gasteiger partial charge in [0.2, 0.25) is 5.91 Å². The number of ether oxygens (including phenoxy) is 1. The summed E-state index contributed by atoms with van der Waals surface area (Å²) in [7, 11) is 0. The summed E-state index contributed by atoms with van der Waals surface area (Å²) in [5, 5.41) is 3.34. The molecule has 25 heavy (non-hydrogen) atoms. The topological polar surface area (TPSA) is 61.9 Å². The largest absolute Gasteiger partial charge is 0.381 e. The van der Waals surface area contributed by atoms with E-state index in [1.165, 1.54) is 12.8 Å². The molecule has 1 N–H and O–H groups in total. The normalized spacial score (nSPS) is 29.5. The maximum atomic E-state index is 12.8. The summed E-state index contributed by atoms with van der Waals surface area (Å²) in [5.41, 5.74) is 0.258. The highest BCUT2D eigenvalue weighted by Crippen LogP contribution is 2.46. The van der Waals surface area contributed by atoms with E-state index in [0.717, 1.165) is 64.8 Å². The summed E-state index contributed by atoms with van der Waals surface area (Å²) in [6.07, 6.45) is 8.63. The second-order valence-corrected chi connectivity index (χ2v) is 8.31. The molecule has 2 aliphatic heterocycles. The van der Waals surface area contributed by atoms with Crippen molar-refractivity contribution in [1.29, 1.82) is 0 Å². The van der Waals surface area contributed by atoms with Gasteiger partial charge in [0, 0.05) is 51.4 Å². The zero-order chi connectivity index (χ0) is 17.3. The molecule has 0 unspecified atom stereocenters. The fraction of sp³-hybridized carbons (Fsp3) is 0.895. The lowest BCUT2D eigenvalue weighted by atomic mass is 9.75. The number of amides is 3. The standard InChI is InChI=1S/C19H31N3O3/c23-17(15-4-5-15)21-9-2-10-22(12-11-21)18(24)20-16-3-1-6-19(16)7-13-25-14-8-19/h15-16H,1-14H2,(H,20,24)/t16-/m0/s1. The molecule has 2 saturated heterocycles. The smallest absolute Gasteiger partial charge is 0.317 e. The number of nitrogens with one attached hydrogen (secondary N) is 1. The first-order valence-electron chi connectivity index (χ1n) is 10.1. The number of rotatable bonds is 2. The van der Waals surface area contributed by atoms with Crippen LogP contribution in [0.4, 0.5) is 4.79 Å². The van der Waals surface area contributed by atoms with Crippen molar-refractivity contribution in [3.05, 3.63) is 0 Å². The summed E-state index contributed by atoms with van der Waals surface area (Å²) in [6.45, 7) is 4.55. The van der Waals surface area contributed by atoms with Gasteiger partial charge in [0.15, 0.2) is 0 Å². The Bertz CT molecular complexity index is 514. The molecule has 2 aliphatic carbocycles. The second-order valence-electron chi connectivity index (χ2n) is 8.31. The zero-order valence-corrected chi connectivity index (χ0v) is 15.2. The highest BCUT2D eigenvalue weighted by molar-refractivity contribution is 5.81. The summed E-state index contributed by atoms with van der Waals surface area (Å²) in [6, 6.07) is 0.356. The molecule has 0 aromatic carbocycles. The molecule has 6 nitrogen and oxygen atoms in total. The van der Waals surface area contributed by atoms with Crippen molar-refractivity contribution in [3.63, 3.8) is 0 Å². The van der Waals surface area contributed by atoms with E-state index in [1.54, 1.807) is 0 Å². The first-order valence-corrected chi connectivity index (χ1v) is 10.1. The number of hydrogen-bond donors (Lipinski definition) is 1. The molecule has 1 atom stereocenters. The Balaban J connectivity index is 1.32. The molecule has 2 heterocycles. The lowest BCUT2D eigenvalue weighted by Crippen LogP contribution is -2.52. The van der Waals surface area contributed by atoms with Gasteiger partial charge < -0.3 is 19.9 Å². The van der Waals surface area contributed by atoms with Crippen LogP contribution in [-0.4, -0.2) is 67.2 Å².